The van der Waals surface area contributed by atoms with Gasteiger partial charge in [0.1, 0.15) is 0 Å². The van der Waals surface area contributed by atoms with Crippen LogP contribution in [0, 0.1) is 5.92 Å². The summed E-state index contributed by atoms with van der Waals surface area (Å²) < 4.78 is 27.3. The Bertz CT molecular complexity index is 943. The molecule has 2 aromatic rings. The van der Waals surface area contributed by atoms with Crippen molar-refractivity contribution in [1.29, 1.82) is 0 Å². The first-order valence-electron chi connectivity index (χ1n) is 10.6. The van der Waals surface area contributed by atoms with Crippen molar-refractivity contribution in [2.45, 2.75) is 56.4 Å². The third-order valence-electron chi connectivity index (χ3n) is 5.90. The minimum atomic E-state index is -3.57. The summed E-state index contributed by atoms with van der Waals surface area (Å²) in [6, 6.07) is 18.7. The maximum absolute atomic E-state index is 12.9. The van der Waals surface area contributed by atoms with Crippen LogP contribution in [0.5, 0.6) is 0 Å². The van der Waals surface area contributed by atoms with E-state index in [9.17, 15) is 13.2 Å². The van der Waals surface area contributed by atoms with Crippen LogP contribution in [0.2, 0.25) is 0 Å². The highest BCUT2D eigenvalue weighted by Crippen LogP contribution is 2.29. The van der Waals surface area contributed by atoms with Crippen molar-refractivity contribution in [3.63, 3.8) is 0 Å². The Hall–Kier alpha value is -2.18. The molecule has 0 bridgehead atoms. The lowest BCUT2D eigenvalue weighted by Crippen LogP contribution is -2.47. The van der Waals surface area contributed by atoms with Gasteiger partial charge >= 0.3 is 0 Å². The molecule has 5 nitrogen and oxygen atoms in total. The van der Waals surface area contributed by atoms with Crippen molar-refractivity contribution in [2.24, 2.45) is 5.92 Å². The topological polar surface area (TPSA) is 66.5 Å². The van der Waals surface area contributed by atoms with E-state index >= 15 is 0 Å². The summed E-state index contributed by atoms with van der Waals surface area (Å²) in [4.78, 5) is 13.2. The third-order valence-corrected chi connectivity index (χ3v) is 7.78. The first kappa shape index (κ1) is 22.5. The molecule has 1 fully saturated rings. The van der Waals surface area contributed by atoms with E-state index in [1.807, 2.05) is 25.1 Å². The second-order valence-electron chi connectivity index (χ2n) is 8.88. The van der Waals surface area contributed by atoms with Crippen LogP contribution < -0.4 is 5.32 Å². The molecule has 0 unspecified atom stereocenters. The minimum absolute atomic E-state index is 0.00573. The number of hydrogen-bond acceptors (Lipinski definition) is 3. The summed E-state index contributed by atoms with van der Waals surface area (Å²) >= 11 is 0. The molecule has 30 heavy (non-hydrogen) atoms. The van der Waals surface area contributed by atoms with Crippen molar-refractivity contribution in [1.82, 2.24) is 9.62 Å². The molecular formula is C24H32N2O3S. The second kappa shape index (κ2) is 9.31. The molecule has 0 spiro atoms. The molecule has 1 aliphatic rings. The first-order chi connectivity index (χ1) is 14.2. The predicted molar refractivity (Wildman–Crippen MR) is 120 cm³/mol. The predicted octanol–water partition coefficient (Wildman–Crippen LogP) is 3.96. The SMILES string of the molecule is C[C@H](CC(C)(C)c1ccccc1)NC(=O)[C@H]1CCCN(S(=O)(=O)c2ccccc2)C1. The van der Waals surface area contributed by atoms with Crippen LogP contribution in [0.25, 0.3) is 0 Å². The monoisotopic (exact) mass is 428 g/mol. The summed E-state index contributed by atoms with van der Waals surface area (Å²) in [7, 11) is -3.57. The minimum Gasteiger partial charge on any atom is -0.353 e. The molecular weight excluding hydrogens is 396 g/mol. The number of nitrogens with one attached hydrogen (secondary N) is 1. The van der Waals surface area contributed by atoms with Gasteiger partial charge in [0, 0.05) is 19.1 Å². The van der Waals surface area contributed by atoms with Crippen molar-refractivity contribution in [3.8, 4) is 0 Å². The van der Waals surface area contributed by atoms with Gasteiger partial charge in [-0.25, -0.2) is 8.42 Å². The summed E-state index contributed by atoms with van der Waals surface area (Å²) in [5.74, 6) is -0.376. The molecule has 1 aliphatic heterocycles. The van der Waals surface area contributed by atoms with E-state index in [1.54, 1.807) is 30.3 Å². The molecule has 2 atom stereocenters. The van der Waals surface area contributed by atoms with Gasteiger partial charge in [0.2, 0.25) is 15.9 Å². The van der Waals surface area contributed by atoms with Gasteiger partial charge in [-0.2, -0.15) is 4.31 Å². The molecule has 162 valence electrons. The summed E-state index contributed by atoms with van der Waals surface area (Å²) in [5.41, 5.74) is 1.17. The Morgan fingerprint density at radius 1 is 1.10 bits per heavy atom. The van der Waals surface area contributed by atoms with E-state index in [2.05, 4.69) is 31.3 Å². The lowest BCUT2D eigenvalue weighted by Gasteiger charge is -2.33. The molecule has 0 aliphatic carbocycles. The zero-order valence-electron chi connectivity index (χ0n) is 18.0. The fourth-order valence-electron chi connectivity index (χ4n) is 4.30. The number of rotatable bonds is 7. The number of amides is 1. The van der Waals surface area contributed by atoms with Crippen LogP contribution in [0.15, 0.2) is 65.6 Å². The molecule has 0 aromatic heterocycles. The normalized spacial score (nSPS) is 19.2. The fraction of sp³-hybridized carbons (Fsp3) is 0.458. The van der Waals surface area contributed by atoms with Gasteiger partial charge in [-0.05, 0) is 49.3 Å². The van der Waals surface area contributed by atoms with Crippen LogP contribution >= 0.6 is 0 Å². The van der Waals surface area contributed by atoms with Gasteiger partial charge in [0.25, 0.3) is 0 Å². The Labute approximate surface area is 180 Å². The smallest absolute Gasteiger partial charge is 0.243 e. The van der Waals surface area contributed by atoms with E-state index in [-0.39, 0.29) is 34.7 Å². The van der Waals surface area contributed by atoms with Crippen LogP contribution in [0.4, 0.5) is 0 Å². The lowest BCUT2D eigenvalue weighted by molar-refractivity contribution is -0.126. The highest BCUT2D eigenvalue weighted by Gasteiger charge is 2.34. The molecule has 2 aromatic carbocycles. The molecule has 0 radical (unpaired) electrons. The van der Waals surface area contributed by atoms with Crippen molar-refractivity contribution in [3.05, 3.63) is 66.2 Å². The first-order valence-corrected chi connectivity index (χ1v) is 12.1. The Morgan fingerprint density at radius 3 is 2.33 bits per heavy atom. The van der Waals surface area contributed by atoms with Gasteiger partial charge in [0.15, 0.2) is 0 Å². The fourth-order valence-corrected chi connectivity index (χ4v) is 5.85. The van der Waals surface area contributed by atoms with E-state index in [0.29, 0.717) is 19.4 Å². The Kier molecular flexibility index (Phi) is 6.98. The Morgan fingerprint density at radius 2 is 1.70 bits per heavy atom. The van der Waals surface area contributed by atoms with Gasteiger partial charge in [-0.15, -0.1) is 0 Å². The molecule has 3 rings (SSSR count). The molecule has 1 heterocycles. The van der Waals surface area contributed by atoms with E-state index in [1.165, 1.54) is 9.87 Å². The molecule has 6 heteroatoms. The number of carbonyl (C=O) groups excluding carboxylic acids is 1. The summed E-state index contributed by atoms with van der Waals surface area (Å²) in [6.45, 7) is 7.07. The zero-order chi connectivity index (χ0) is 21.8. The molecule has 1 saturated heterocycles. The van der Waals surface area contributed by atoms with Crippen LogP contribution in [-0.2, 0) is 20.2 Å². The van der Waals surface area contributed by atoms with Crippen molar-refractivity contribution >= 4 is 15.9 Å². The van der Waals surface area contributed by atoms with E-state index in [0.717, 1.165) is 6.42 Å². The summed E-state index contributed by atoms with van der Waals surface area (Å²) in [6.07, 6.45) is 2.21. The van der Waals surface area contributed by atoms with Gasteiger partial charge < -0.3 is 5.32 Å². The highest BCUT2D eigenvalue weighted by atomic mass is 32.2. The highest BCUT2D eigenvalue weighted by molar-refractivity contribution is 7.89. The van der Waals surface area contributed by atoms with Crippen molar-refractivity contribution < 1.29 is 13.2 Å². The molecule has 1 amide bonds. The Balaban J connectivity index is 1.61. The number of piperidine rings is 1. The molecule has 0 saturated carbocycles. The number of hydrogen-bond donors (Lipinski definition) is 1. The number of benzene rings is 2. The van der Waals surface area contributed by atoms with Crippen molar-refractivity contribution in [2.75, 3.05) is 13.1 Å². The van der Waals surface area contributed by atoms with Crippen LogP contribution in [0.3, 0.4) is 0 Å². The lowest BCUT2D eigenvalue weighted by atomic mass is 9.79. The maximum atomic E-state index is 12.9. The van der Waals surface area contributed by atoms with Gasteiger partial charge in [-0.1, -0.05) is 62.4 Å². The van der Waals surface area contributed by atoms with Gasteiger partial charge in [0.05, 0.1) is 10.8 Å². The van der Waals surface area contributed by atoms with E-state index < -0.39 is 10.0 Å². The number of carbonyl (C=O) groups is 1. The summed E-state index contributed by atoms with van der Waals surface area (Å²) in [5, 5.41) is 3.13. The number of nitrogens with zero attached hydrogens (tertiary/aromatic N) is 1. The third kappa shape index (κ3) is 5.29. The van der Waals surface area contributed by atoms with Gasteiger partial charge in [-0.3, -0.25) is 4.79 Å². The average Bonchev–Trinajstić information content (AvgIpc) is 2.74. The number of sulfonamides is 1. The molecule has 1 N–H and O–H groups in total. The largest absolute Gasteiger partial charge is 0.353 e. The second-order valence-corrected chi connectivity index (χ2v) is 10.8. The quantitative estimate of drug-likeness (QED) is 0.726. The van der Waals surface area contributed by atoms with Crippen LogP contribution in [0.1, 0.15) is 45.6 Å². The standard InChI is InChI=1S/C24H32N2O3S/c1-19(17-24(2,3)21-12-6-4-7-13-21)25-23(27)20-11-10-16-26(18-20)30(28,29)22-14-8-5-9-15-22/h4-9,12-15,19-20H,10-11,16-18H2,1-3H3,(H,25,27)/t19-,20+/m1/s1. The van der Waals surface area contributed by atoms with Crippen LogP contribution in [-0.4, -0.2) is 37.8 Å². The maximum Gasteiger partial charge on any atom is 0.243 e. The van der Waals surface area contributed by atoms with E-state index in [4.69, 9.17) is 0 Å². The zero-order valence-corrected chi connectivity index (χ0v) is 18.9. The average molecular weight is 429 g/mol.